The highest BCUT2D eigenvalue weighted by Gasteiger charge is 2.27. The number of para-hydroxylation sites is 1. The molecule has 0 bridgehead atoms. The van der Waals surface area contributed by atoms with Crippen molar-refractivity contribution in [2.24, 2.45) is 0 Å². The number of ether oxygens (including phenoxy) is 4. The van der Waals surface area contributed by atoms with Gasteiger partial charge in [0.05, 0.1) is 25.9 Å². The largest absolute Gasteiger partial charge is 0.496 e. The second-order valence-electron chi connectivity index (χ2n) is 9.42. The van der Waals surface area contributed by atoms with Crippen molar-refractivity contribution in [3.05, 3.63) is 89.0 Å². The number of fused-ring (bicyclic) bond motifs is 1. The number of carbonyl (C=O) groups is 1. The molecule has 6 heteroatoms. The first-order valence-corrected chi connectivity index (χ1v) is 12.6. The number of amides is 1. The van der Waals surface area contributed by atoms with E-state index in [-0.39, 0.29) is 18.1 Å². The lowest BCUT2D eigenvalue weighted by molar-refractivity contribution is 0.0504. The van der Waals surface area contributed by atoms with Crippen LogP contribution in [-0.2, 0) is 24.1 Å². The molecule has 5 rings (SSSR count). The first kappa shape index (κ1) is 24.2. The van der Waals surface area contributed by atoms with Crippen molar-refractivity contribution in [3.8, 4) is 17.2 Å². The molecule has 1 fully saturated rings. The third-order valence-corrected chi connectivity index (χ3v) is 6.98. The van der Waals surface area contributed by atoms with E-state index in [1.165, 1.54) is 11.1 Å². The quantitative estimate of drug-likeness (QED) is 0.422. The van der Waals surface area contributed by atoms with Gasteiger partial charge in [0, 0.05) is 32.5 Å². The summed E-state index contributed by atoms with van der Waals surface area (Å²) in [7, 11) is 3.24. The zero-order valence-electron chi connectivity index (χ0n) is 20.9. The SMILES string of the molecule is COc1cc(CN(C[C@@H]2CCCO2)C(=O)c2ccccc2OC)ccc1OC1Cc2ccccc2C1. The molecule has 2 aliphatic rings. The van der Waals surface area contributed by atoms with Gasteiger partial charge < -0.3 is 23.8 Å². The lowest BCUT2D eigenvalue weighted by Gasteiger charge is -2.27. The fourth-order valence-electron chi connectivity index (χ4n) is 5.15. The van der Waals surface area contributed by atoms with Gasteiger partial charge >= 0.3 is 0 Å². The maximum Gasteiger partial charge on any atom is 0.258 e. The van der Waals surface area contributed by atoms with Crippen molar-refractivity contribution in [3.63, 3.8) is 0 Å². The van der Waals surface area contributed by atoms with Crippen molar-refractivity contribution >= 4 is 5.91 Å². The molecule has 188 valence electrons. The van der Waals surface area contributed by atoms with Crippen molar-refractivity contribution in [2.45, 2.75) is 44.4 Å². The van der Waals surface area contributed by atoms with Crippen molar-refractivity contribution in [1.29, 1.82) is 0 Å². The summed E-state index contributed by atoms with van der Waals surface area (Å²) in [6.07, 6.45) is 3.89. The molecule has 3 aromatic carbocycles. The molecule has 0 saturated carbocycles. The molecule has 1 aliphatic heterocycles. The van der Waals surface area contributed by atoms with Gasteiger partial charge in [0.2, 0.25) is 0 Å². The predicted octanol–water partition coefficient (Wildman–Crippen LogP) is 5.07. The van der Waals surface area contributed by atoms with Gasteiger partial charge in [0.25, 0.3) is 5.91 Å². The minimum Gasteiger partial charge on any atom is -0.496 e. The van der Waals surface area contributed by atoms with Crippen molar-refractivity contribution < 1.29 is 23.7 Å². The first-order valence-electron chi connectivity index (χ1n) is 12.6. The standard InChI is InChI=1S/C30H33NO5/c1-33-27-12-6-5-11-26(27)30(32)31(20-24-10-7-15-35-24)19-21-13-14-28(29(16-21)34-2)36-25-17-22-8-3-4-9-23(22)18-25/h3-6,8-9,11-14,16,24-25H,7,10,15,17-20H2,1-2H3/t24-/m0/s1. The number of rotatable bonds is 9. The predicted molar refractivity (Wildman–Crippen MR) is 138 cm³/mol. The van der Waals surface area contributed by atoms with E-state index in [1.54, 1.807) is 20.3 Å². The van der Waals surface area contributed by atoms with Gasteiger partial charge in [-0.1, -0.05) is 42.5 Å². The van der Waals surface area contributed by atoms with Crippen LogP contribution in [0.4, 0.5) is 0 Å². The van der Waals surface area contributed by atoms with Crippen LogP contribution in [-0.4, -0.2) is 50.4 Å². The molecular formula is C30H33NO5. The Kier molecular flexibility index (Phi) is 7.42. The van der Waals surface area contributed by atoms with Gasteiger partial charge in [-0.2, -0.15) is 0 Å². The lowest BCUT2D eigenvalue weighted by Crippen LogP contribution is -2.37. The van der Waals surface area contributed by atoms with E-state index in [9.17, 15) is 4.79 Å². The lowest BCUT2D eigenvalue weighted by atomic mass is 10.1. The van der Waals surface area contributed by atoms with E-state index in [0.29, 0.717) is 30.2 Å². The molecule has 1 atom stereocenters. The van der Waals surface area contributed by atoms with Gasteiger partial charge in [-0.25, -0.2) is 0 Å². The summed E-state index contributed by atoms with van der Waals surface area (Å²) in [5, 5.41) is 0. The molecule has 0 aromatic heterocycles. The Labute approximate surface area is 212 Å². The smallest absolute Gasteiger partial charge is 0.258 e. The second kappa shape index (κ2) is 11.0. The monoisotopic (exact) mass is 487 g/mol. The summed E-state index contributed by atoms with van der Waals surface area (Å²) < 4.78 is 23.4. The van der Waals surface area contributed by atoms with Crippen LogP contribution in [0.3, 0.4) is 0 Å². The van der Waals surface area contributed by atoms with E-state index in [2.05, 4.69) is 24.3 Å². The number of hydrogen-bond acceptors (Lipinski definition) is 5. The Bertz CT molecular complexity index is 1180. The summed E-state index contributed by atoms with van der Waals surface area (Å²) in [5.41, 5.74) is 4.20. The van der Waals surface area contributed by atoms with Crippen LogP contribution in [0, 0.1) is 0 Å². The Hall–Kier alpha value is -3.51. The zero-order chi connectivity index (χ0) is 24.9. The molecule has 1 saturated heterocycles. The summed E-state index contributed by atoms with van der Waals surface area (Å²) in [6.45, 7) is 1.70. The van der Waals surface area contributed by atoms with E-state index in [0.717, 1.165) is 43.6 Å². The summed E-state index contributed by atoms with van der Waals surface area (Å²) in [5.74, 6) is 1.88. The molecule has 1 heterocycles. The topological polar surface area (TPSA) is 57.2 Å². The van der Waals surface area contributed by atoms with Gasteiger partial charge in [-0.15, -0.1) is 0 Å². The minimum absolute atomic E-state index is 0.0390. The Balaban J connectivity index is 1.34. The number of carbonyl (C=O) groups excluding carboxylic acids is 1. The first-order chi connectivity index (χ1) is 17.6. The molecule has 1 aliphatic carbocycles. The van der Waals surface area contributed by atoms with Crippen LogP contribution in [0.25, 0.3) is 0 Å². The third-order valence-electron chi connectivity index (χ3n) is 6.98. The van der Waals surface area contributed by atoms with Crippen molar-refractivity contribution in [1.82, 2.24) is 4.90 Å². The summed E-state index contributed by atoms with van der Waals surface area (Å²) in [6, 6.07) is 21.8. The van der Waals surface area contributed by atoms with Gasteiger partial charge in [0.1, 0.15) is 11.9 Å². The van der Waals surface area contributed by atoms with Crippen LogP contribution in [0.1, 0.15) is 39.9 Å². The highest BCUT2D eigenvalue weighted by Crippen LogP contribution is 2.33. The molecule has 0 N–H and O–H groups in total. The molecule has 1 amide bonds. The van der Waals surface area contributed by atoms with E-state index < -0.39 is 0 Å². The maximum absolute atomic E-state index is 13.6. The number of hydrogen-bond donors (Lipinski definition) is 0. The fourth-order valence-corrected chi connectivity index (χ4v) is 5.15. The number of methoxy groups -OCH3 is 2. The van der Waals surface area contributed by atoms with Crippen LogP contribution >= 0.6 is 0 Å². The Morgan fingerprint density at radius 1 is 0.917 bits per heavy atom. The Morgan fingerprint density at radius 3 is 2.33 bits per heavy atom. The van der Waals surface area contributed by atoms with Crippen LogP contribution < -0.4 is 14.2 Å². The zero-order valence-corrected chi connectivity index (χ0v) is 20.9. The fraction of sp³-hybridized carbons (Fsp3) is 0.367. The van der Waals surface area contributed by atoms with Crippen LogP contribution in [0.2, 0.25) is 0 Å². The highest BCUT2D eigenvalue weighted by molar-refractivity contribution is 5.97. The van der Waals surface area contributed by atoms with Gasteiger partial charge in [-0.05, 0) is 53.8 Å². The molecule has 0 spiro atoms. The normalized spacial score (nSPS) is 17.0. The Morgan fingerprint density at radius 2 is 1.64 bits per heavy atom. The average molecular weight is 488 g/mol. The van der Waals surface area contributed by atoms with Gasteiger partial charge in [0.15, 0.2) is 11.5 Å². The molecule has 3 aromatic rings. The highest BCUT2D eigenvalue weighted by atomic mass is 16.5. The maximum atomic E-state index is 13.6. The minimum atomic E-state index is -0.0778. The van der Waals surface area contributed by atoms with Crippen molar-refractivity contribution in [2.75, 3.05) is 27.4 Å². The summed E-state index contributed by atoms with van der Waals surface area (Å²) in [4.78, 5) is 15.5. The van der Waals surface area contributed by atoms with E-state index in [1.807, 2.05) is 41.3 Å². The van der Waals surface area contributed by atoms with E-state index >= 15 is 0 Å². The van der Waals surface area contributed by atoms with Crippen LogP contribution in [0.5, 0.6) is 17.2 Å². The molecular weight excluding hydrogens is 454 g/mol. The van der Waals surface area contributed by atoms with Gasteiger partial charge in [-0.3, -0.25) is 4.79 Å². The van der Waals surface area contributed by atoms with Crippen LogP contribution in [0.15, 0.2) is 66.7 Å². The number of benzene rings is 3. The molecule has 0 radical (unpaired) electrons. The second-order valence-corrected chi connectivity index (χ2v) is 9.42. The molecule has 6 nitrogen and oxygen atoms in total. The average Bonchev–Trinajstić information content (AvgIpc) is 3.58. The molecule has 36 heavy (non-hydrogen) atoms. The molecule has 0 unspecified atom stereocenters. The number of nitrogens with zero attached hydrogens (tertiary/aromatic N) is 1. The van der Waals surface area contributed by atoms with E-state index in [4.69, 9.17) is 18.9 Å². The summed E-state index contributed by atoms with van der Waals surface area (Å²) >= 11 is 0. The third kappa shape index (κ3) is 5.34.